The van der Waals surface area contributed by atoms with Crippen molar-refractivity contribution in [3.8, 4) is 0 Å². The van der Waals surface area contributed by atoms with Crippen molar-refractivity contribution in [1.29, 1.82) is 0 Å². The van der Waals surface area contributed by atoms with Crippen LogP contribution in [0, 0.1) is 0 Å². The van der Waals surface area contributed by atoms with E-state index >= 15 is 0 Å². The quantitative estimate of drug-likeness (QED) is 0.494. The number of hydrogen-bond donors (Lipinski definition) is 0. The lowest BCUT2D eigenvalue weighted by molar-refractivity contribution is 0.850. The molecule has 13 heavy (non-hydrogen) atoms. The molecule has 2 heterocycles. The average Bonchev–Trinajstić information content (AvgIpc) is 2.28. The van der Waals surface area contributed by atoms with Crippen LogP contribution in [0.5, 0.6) is 0 Å². The van der Waals surface area contributed by atoms with E-state index in [9.17, 15) is 0 Å². The van der Waals surface area contributed by atoms with Gasteiger partial charge in [0.2, 0.25) is 5.28 Å². The zero-order chi connectivity index (χ0) is 9.26. The van der Waals surface area contributed by atoms with Crippen LogP contribution in [0.3, 0.4) is 0 Å². The highest BCUT2D eigenvalue weighted by Crippen LogP contribution is 2.29. The monoisotopic (exact) mass is 215 g/mol. The van der Waals surface area contributed by atoms with Gasteiger partial charge < -0.3 is 0 Å². The van der Waals surface area contributed by atoms with E-state index in [2.05, 4.69) is 15.0 Å². The Kier molecular flexibility index (Phi) is 2.47. The lowest BCUT2D eigenvalue weighted by Crippen LogP contribution is -1.93. The van der Waals surface area contributed by atoms with Gasteiger partial charge in [-0.15, -0.1) is 0 Å². The Balaban J connectivity index is 2.57. The van der Waals surface area contributed by atoms with Crippen molar-refractivity contribution in [3.63, 3.8) is 0 Å². The highest BCUT2D eigenvalue weighted by Gasteiger charge is 2.12. The molecule has 0 unspecified atom stereocenters. The maximum Gasteiger partial charge on any atom is 0.224 e. The topological polar surface area (TPSA) is 38.1 Å². The molecular weight excluding hydrogens is 209 g/mol. The maximum absolute atomic E-state index is 5.87. The van der Waals surface area contributed by atoms with Gasteiger partial charge in [-0.25, -0.2) is 9.97 Å². The molecule has 0 atom stereocenters. The van der Waals surface area contributed by atoms with Crippen LogP contribution < -0.4 is 0 Å². The largest absolute Gasteiger partial charge is 0.256 e. The van der Waals surface area contributed by atoms with E-state index in [4.69, 9.17) is 23.2 Å². The SMILES string of the molecule is Clc1nc(Cl)c2c(n1)CCCC=N2. The molecule has 0 aromatic carbocycles. The number of hydrogen-bond acceptors (Lipinski definition) is 3. The standard InChI is InChI=1S/C8H7Cl2N3/c9-7-6-5(12-8(10)13-7)3-1-2-4-11-6/h4H,1-3H2. The molecule has 0 amide bonds. The van der Waals surface area contributed by atoms with Crippen LogP contribution in [0.25, 0.3) is 0 Å². The van der Waals surface area contributed by atoms with Gasteiger partial charge in [-0.3, -0.25) is 4.99 Å². The molecule has 0 bridgehead atoms. The van der Waals surface area contributed by atoms with Crippen molar-refractivity contribution in [3.05, 3.63) is 16.1 Å². The average molecular weight is 216 g/mol. The lowest BCUT2D eigenvalue weighted by atomic mass is 10.2. The van der Waals surface area contributed by atoms with Crippen molar-refractivity contribution >= 4 is 35.1 Å². The molecule has 1 aliphatic rings. The van der Waals surface area contributed by atoms with Crippen LogP contribution in [-0.2, 0) is 6.42 Å². The van der Waals surface area contributed by atoms with E-state index in [-0.39, 0.29) is 5.28 Å². The summed E-state index contributed by atoms with van der Waals surface area (Å²) in [6, 6.07) is 0. The van der Waals surface area contributed by atoms with E-state index in [1.165, 1.54) is 0 Å². The van der Waals surface area contributed by atoms with E-state index in [1.54, 1.807) is 0 Å². The summed E-state index contributed by atoms with van der Waals surface area (Å²) in [6.45, 7) is 0. The molecule has 0 saturated carbocycles. The maximum atomic E-state index is 5.87. The molecule has 0 fully saturated rings. The predicted octanol–water partition coefficient (Wildman–Crippen LogP) is 2.82. The fourth-order valence-electron chi connectivity index (χ4n) is 1.26. The summed E-state index contributed by atoms with van der Waals surface area (Å²) in [6.07, 6.45) is 4.68. The van der Waals surface area contributed by atoms with E-state index in [0.717, 1.165) is 25.0 Å². The Morgan fingerprint density at radius 1 is 1.23 bits per heavy atom. The number of nitrogens with zero attached hydrogens (tertiary/aromatic N) is 3. The summed E-state index contributed by atoms with van der Waals surface area (Å²) in [5.41, 5.74) is 1.52. The third-order valence-electron chi connectivity index (χ3n) is 1.85. The summed E-state index contributed by atoms with van der Waals surface area (Å²) in [7, 11) is 0. The van der Waals surface area contributed by atoms with E-state index in [0.29, 0.717) is 10.8 Å². The zero-order valence-electron chi connectivity index (χ0n) is 6.80. The van der Waals surface area contributed by atoms with Crippen molar-refractivity contribution in [2.45, 2.75) is 19.3 Å². The minimum Gasteiger partial charge on any atom is -0.256 e. The normalized spacial score (nSPS) is 15.2. The molecule has 1 aliphatic heterocycles. The van der Waals surface area contributed by atoms with Gasteiger partial charge in [0.15, 0.2) is 5.15 Å². The van der Waals surface area contributed by atoms with Crippen LogP contribution in [0.4, 0.5) is 5.69 Å². The van der Waals surface area contributed by atoms with Gasteiger partial charge in [-0.2, -0.15) is 0 Å². The molecule has 5 heteroatoms. The molecule has 2 rings (SSSR count). The number of aryl methyl sites for hydroxylation is 1. The van der Waals surface area contributed by atoms with Crippen molar-refractivity contribution in [2.75, 3.05) is 0 Å². The molecule has 3 nitrogen and oxygen atoms in total. The first-order valence-electron chi connectivity index (χ1n) is 4.02. The van der Waals surface area contributed by atoms with E-state index in [1.807, 2.05) is 6.21 Å². The minimum atomic E-state index is 0.195. The summed E-state index contributed by atoms with van der Waals surface area (Å²) in [5, 5.41) is 0.536. The van der Waals surface area contributed by atoms with Gasteiger partial charge in [0.1, 0.15) is 5.69 Å². The summed E-state index contributed by atoms with van der Waals surface area (Å²) >= 11 is 11.5. The van der Waals surface area contributed by atoms with Crippen molar-refractivity contribution in [2.24, 2.45) is 4.99 Å². The summed E-state index contributed by atoms with van der Waals surface area (Å²) in [4.78, 5) is 12.1. The highest BCUT2D eigenvalue weighted by molar-refractivity contribution is 6.33. The number of aromatic nitrogens is 2. The third kappa shape index (κ3) is 1.81. The van der Waals surface area contributed by atoms with Crippen molar-refractivity contribution < 1.29 is 0 Å². The second-order valence-corrected chi connectivity index (χ2v) is 3.48. The first kappa shape index (κ1) is 8.91. The van der Waals surface area contributed by atoms with Gasteiger partial charge >= 0.3 is 0 Å². The smallest absolute Gasteiger partial charge is 0.224 e. The predicted molar refractivity (Wildman–Crippen MR) is 53.1 cm³/mol. The third-order valence-corrected chi connectivity index (χ3v) is 2.29. The fraction of sp³-hybridized carbons (Fsp3) is 0.375. The zero-order valence-corrected chi connectivity index (χ0v) is 8.31. The molecule has 68 valence electrons. The number of aliphatic imine (C=N–C) groups is 1. The van der Waals surface area contributed by atoms with E-state index < -0.39 is 0 Å². The Morgan fingerprint density at radius 2 is 2.08 bits per heavy atom. The second-order valence-electron chi connectivity index (χ2n) is 2.78. The fourth-order valence-corrected chi connectivity index (χ4v) is 1.73. The highest BCUT2D eigenvalue weighted by atomic mass is 35.5. The Bertz CT molecular complexity index is 363. The first-order chi connectivity index (χ1) is 6.27. The Hall–Kier alpha value is -0.670. The van der Waals surface area contributed by atoms with Crippen LogP contribution >= 0.6 is 23.2 Å². The number of fused-ring (bicyclic) bond motifs is 1. The summed E-state index contributed by atoms with van der Waals surface area (Å²) < 4.78 is 0. The van der Waals surface area contributed by atoms with Crippen LogP contribution in [-0.4, -0.2) is 16.2 Å². The molecular formula is C8H7Cl2N3. The number of rotatable bonds is 0. The molecule has 0 spiro atoms. The molecule has 0 radical (unpaired) electrons. The first-order valence-corrected chi connectivity index (χ1v) is 4.77. The van der Waals surface area contributed by atoms with Crippen molar-refractivity contribution in [1.82, 2.24) is 9.97 Å². The van der Waals surface area contributed by atoms with Crippen LogP contribution in [0.2, 0.25) is 10.4 Å². The van der Waals surface area contributed by atoms with Gasteiger partial charge in [0.05, 0.1) is 5.69 Å². The van der Waals surface area contributed by atoms with Gasteiger partial charge in [0, 0.05) is 6.21 Å². The Morgan fingerprint density at radius 3 is 2.92 bits per heavy atom. The Labute approximate surface area is 85.8 Å². The molecule has 1 aromatic heterocycles. The summed E-state index contributed by atoms with van der Waals surface area (Å²) in [5.74, 6) is 0. The molecule has 0 N–H and O–H groups in total. The minimum absolute atomic E-state index is 0.195. The van der Waals surface area contributed by atoms with Crippen LogP contribution in [0.1, 0.15) is 18.5 Å². The lowest BCUT2D eigenvalue weighted by Gasteiger charge is -2.02. The molecule has 0 saturated heterocycles. The van der Waals surface area contributed by atoms with Gasteiger partial charge in [-0.1, -0.05) is 11.6 Å². The van der Waals surface area contributed by atoms with Gasteiger partial charge in [-0.05, 0) is 30.9 Å². The number of halogens is 2. The second kappa shape index (κ2) is 3.60. The molecule has 1 aromatic rings. The van der Waals surface area contributed by atoms with Gasteiger partial charge in [0.25, 0.3) is 0 Å². The molecule has 0 aliphatic carbocycles. The van der Waals surface area contributed by atoms with Crippen LogP contribution in [0.15, 0.2) is 4.99 Å².